The van der Waals surface area contributed by atoms with Crippen molar-refractivity contribution in [2.75, 3.05) is 7.05 Å². The van der Waals surface area contributed by atoms with E-state index in [1.54, 1.807) is 0 Å². The highest BCUT2D eigenvalue weighted by Gasteiger charge is 2.11. The molecule has 0 fully saturated rings. The topological polar surface area (TPSA) is 29.9 Å². The molecule has 0 bridgehead atoms. The van der Waals surface area contributed by atoms with Crippen molar-refractivity contribution in [3.8, 4) is 0 Å². The van der Waals surface area contributed by atoms with Crippen molar-refractivity contribution in [3.05, 3.63) is 30.1 Å². The first-order valence-corrected chi connectivity index (χ1v) is 6.37. The van der Waals surface area contributed by atoms with E-state index in [9.17, 15) is 0 Å². The van der Waals surface area contributed by atoms with Crippen molar-refractivity contribution >= 4 is 11.0 Å². The minimum absolute atomic E-state index is 0.461. The summed E-state index contributed by atoms with van der Waals surface area (Å²) in [6, 6.07) is 8.85. The standard InChI is InChI=1S/C14H21N3/c1-4-9-17-13-8-6-5-7-12(13)16-14(17)10-11(2)15-3/h5-8,11,15H,4,9-10H2,1-3H3. The smallest absolute Gasteiger partial charge is 0.111 e. The van der Waals surface area contributed by atoms with Crippen molar-refractivity contribution in [2.45, 2.75) is 39.3 Å². The third kappa shape index (κ3) is 2.50. The molecule has 1 unspecified atom stereocenters. The average molecular weight is 231 g/mol. The summed E-state index contributed by atoms with van der Waals surface area (Å²) in [7, 11) is 2.00. The molecule has 1 aromatic heterocycles. The largest absolute Gasteiger partial charge is 0.328 e. The Bertz CT molecular complexity index is 487. The van der Waals surface area contributed by atoms with E-state index < -0.39 is 0 Å². The summed E-state index contributed by atoms with van der Waals surface area (Å²) in [6.07, 6.45) is 2.12. The number of aryl methyl sites for hydroxylation is 1. The lowest BCUT2D eigenvalue weighted by Gasteiger charge is -2.12. The van der Waals surface area contributed by atoms with E-state index >= 15 is 0 Å². The molecule has 0 radical (unpaired) electrons. The number of para-hydroxylation sites is 2. The molecule has 92 valence electrons. The third-order valence-electron chi connectivity index (χ3n) is 3.16. The van der Waals surface area contributed by atoms with Crippen molar-refractivity contribution in [2.24, 2.45) is 0 Å². The lowest BCUT2D eigenvalue weighted by molar-refractivity contribution is 0.560. The number of imidazole rings is 1. The maximum Gasteiger partial charge on any atom is 0.111 e. The first-order valence-electron chi connectivity index (χ1n) is 6.37. The molecule has 0 saturated carbocycles. The Morgan fingerprint density at radius 1 is 1.35 bits per heavy atom. The zero-order chi connectivity index (χ0) is 12.3. The number of nitrogens with zero attached hydrogens (tertiary/aromatic N) is 2. The summed E-state index contributed by atoms with van der Waals surface area (Å²) in [5.41, 5.74) is 2.37. The molecule has 3 nitrogen and oxygen atoms in total. The molecule has 1 atom stereocenters. The fourth-order valence-corrected chi connectivity index (χ4v) is 2.13. The van der Waals surface area contributed by atoms with Gasteiger partial charge in [0.2, 0.25) is 0 Å². The van der Waals surface area contributed by atoms with Crippen LogP contribution < -0.4 is 5.32 Å². The van der Waals surface area contributed by atoms with Gasteiger partial charge in [-0.1, -0.05) is 19.1 Å². The predicted octanol–water partition coefficient (Wildman–Crippen LogP) is 2.60. The number of nitrogens with one attached hydrogen (secondary N) is 1. The summed E-state index contributed by atoms with van der Waals surface area (Å²) < 4.78 is 2.35. The van der Waals surface area contributed by atoms with Crippen LogP contribution in [0.3, 0.4) is 0 Å². The van der Waals surface area contributed by atoms with Gasteiger partial charge in [-0.2, -0.15) is 0 Å². The zero-order valence-electron chi connectivity index (χ0n) is 10.9. The van der Waals surface area contributed by atoms with Crippen LogP contribution in [-0.2, 0) is 13.0 Å². The summed E-state index contributed by atoms with van der Waals surface area (Å²) >= 11 is 0. The van der Waals surface area contributed by atoms with Gasteiger partial charge >= 0.3 is 0 Å². The zero-order valence-corrected chi connectivity index (χ0v) is 10.9. The molecule has 0 saturated heterocycles. The molecule has 3 heteroatoms. The molecule has 0 spiro atoms. The Kier molecular flexibility index (Phi) is 3.79. The minimum Gasteiger partial charge on any atom is -0.328 e. The van der Waals surface area contributed by atoms with Crippen LogP contribution in [-0.4, -0.2) is 22.6 Å². The van der Waals surface area contributed by atoms with Crippen LogP contribution in [0.2, 0.25) is 0 Å². The Balaban J connectivity index is 2.42. The van der Waals surface area contributed by atoms with E-state index in [1.807, 2.05) is 7.05 Å². The van der Waals surface area contributed by atoms with E-state index in [4.69, 9.17) is 4.98 Å². The minimum atomic E-state index is 0.461. The maximum absolute atomic E-state index is 4.74. The van der Waals surface area contributed by atoms with Gasteiger partial charge in [0.15, 0.2) is 0 Å². The van der Waals surface area contributed by atoms with Crippen molar-refractivity contribution in [1.82, 2.24) is 14.9 Å². The van der Waals surface area contributed by atoms with Crippen LogP contribution in [0.4, 0.5) is 0 Å². The normalized spacial score (nSPS) is 13.1. The van der Waals surface area contributed by atoms with Crippen LogP contribution in [0.5, 0.6) is 0 Å². The van der Waals surface area contributed by atoms with Gasteiger partial charge in [0.05, 0.1) is 11.0 Å². The SMILES string of the molecule is CCCn1c(CC(C)NC)nc2ccccc21. The van der Waals surface area contributed by atoms with Crippen LogP contribution in [0.1, 0.15) is 26.1 Å². The van der Waals surface area contributed by atoms with Crippen LogP contribution >= 0.6 is 0 Å². The lowest BCUT2D eigenvalue weighted by atomic mass is 10.2. The molecule has 1 heterocycles. The molecule has 0 aliphatic heterocycles. The molecule has 17 heavy (non-hydrogen) atoms. The molecule has 1 aromatic carbocycles. The van der Waals surface area contributed by atoms with Gasteiger partial charge in [0, 0.05) is 19.0 Å². The van der Waals surface area contributed by atoms with Gasteiger partial charge < -0.3 is 9.88 Å². The highest BCUT2D eigenvalue weighted by atomic mass is 15.1. The van der Waals surface area contributed by atoms with Crippen molar-refractivity contribution in [1.29, 1.82) is 0 Å². The quantitative estimate of drug-likeness (QED) is 0.857. The summed E-state index contributed by atoms with van der Waals surface area (Å²) in [5.74, 6) is 1.19. The fourth-order valence-electron chi connectivity index (χ4n) is 2.13. The molecule has 0 amide bonds. The molecule has 2 rings (SSSR count). The first-order chi connectivity index (χ1) is 8.26. The second-order valence-electron chi connectivity index (χ2n) is 4.56. The Morgan fingerprint density at radius 2 is 2.12 bits per heavy atom. The number of hydrogen-bond donors (Lipinski definition) is 1. The van der Waals surface area contributed by atoms with E-state index in [-0.39, 0.29) is 0 Å². The summed E-state index contributed by atoms with van der Waals surface area (Å²) in [4.78, 5) is 4.74. The van der Waals surface area contributed by atoms with Crippen LogP contribution in [0.25, 0.3) is 11.0 Å². The summed E-state index contributed by atoms with van der Waals surface area (Å²) in [5, 5.41) is 3.27. The van der Waals surface area contributed by atoms with Gasteiger partial charge in [-0.3, -0.25) is 0 Å². The fraction of sp³-hybridized carbons (Fsp3) is 0.500. The van der Waals surface area contributed by atoms with Gasteiger partial charge in [-0.15, -0.1) is 0 Å². The molecular weight excluding hydrogens is 210 g/mol. The third-order valence-corrected chi connectivity index (χ3v) is 3.16. The van der Waals surface area contributed by atoms with Crippen molar-refractivity contribution < 1.29 is 0 Å². The average Bonchev–Trinajstić information content (AvgIpc) is 2.68. The monoisotopic (exact) mass is 231 g/mol. The predicted molar refractivity (Wildman–Crippen MR) is 72.2 cm³/mol. The second kappa shape index (κ2) is 5.32. The summed E-state index contributed by atoms with van der Waals surface area (Å²) in [6.45, 7) is 5.45. The lowest BCUT2D eigenvalue weighted by Crippen LogP contribution is -2.25. The number of rotatable bonds is 5. The van der Waals surface area contributed by atoms with E-state index in [0.29, 0.717) is 6.04 Å². The molecule has 2 aromatic rings. The number of aromatic nitrogens is 2. The molecule has 0 aliphatic carbocycles. The Labute approximate surface area is 103 Å². The van der Waals surface area contributed by atoms with Crippen molar-refractivity contribution in [3.63, 3.8) is 0 Å². The van der Waals surface area contributed by atoms with E-state index in [2.05, 4.69) is 48.0 Å². The van der Waals surface area contributed by atoms with Crippen LogP contribution in [0.15, 0.2) is 24.3 Å². The Morgan fingerprint density at radius 3 is 2.82 bits per heavy atom. The van der Waals surface area contributed by atoms with Gasteiger partial charge in [0.1, 0.15) is 5.82 Å². The number of likely N-dealkylation sites (N-methyl/N-ethyl adjacent to an activating group) is 1. The second-order valence-corrected chi connectivity index (χ2v) is 4.56. The number of fused-ring (bicyclic) bond motifs is 1. The van der Waals surface area contributed by atoms with Gasteiger partial charge in [-0.05, 0) is 32.5 Å². The Hall–Kier alpha value is -1.35. The molecule has 0 aliphatic rings. The van der Waals surface area contributed by atoms with E-state index in [1.165, 1.54) is 11.3 Å². The van der Waals surface area contributed by atoms with E-state index in [0.717, 1.165) is 24.9 Å². The molecule has 1 N–H and O–H groups in total. The maximum atomic E-state index is 4.74. The van der Waals surface area contributed by atoms with Crippen LogP contribution in [0, 0.1) is 0 Å². The first kappa shape index (κ1) is 12.1. The highest BCUT2D eigenvalue weighted by Crippen LogP contribution is 2.17. The number of benzene rings is 1. The number of hydrogen-bond acceptors (Lipinski definition) is 2. The van der Waals surface area contributed by atoms with Gasteiger partial charge in [-0.25, -0.2) is 4.98 Å². The van der Waals surface area contributed by atoms with Gasteiger partial charge in [0.25, 0.3) is 0 Å². The highest BCUT2D eigenvalue weighted by molar-refractivity contribution is 5.75. The molecular formula is C14H21N3.